The number of phenols is 1. The van der Waals surface area contributed by atoms with E-state index in [1.165, 1.54) is 29.2 Å². The lowest BCUT2D eigenvalue weighted by molar-refractivity contribution is -0.117. The summed E-state index contributed by atoms with van der Waals surface area (Å²) in [5.74, 6) is -2.10. The van der Waals surface area contributed by atoms with E-state index in [4.69, 9.17) is 14.4 Å². The predicted molar refractivity (Wildman–Crippen MR) is 131 cm³/mol. The largest absolute Gasteiger partial charge is 0.504 e. The number of hydrogen-bond donors (Lipinski definition) is 2. The molecule has 0 saturated carbocycles. The van der Waals surface area contributed by atoms with Crippen molar-refractivity contribution in [2.45, 2.75) is 13.0 Å². The first kappa shape index (κ1) is 22.7. The van der Waals surface area contributed by atoms with Gasteiger partial charge in [-0.3, -0.25) is 14.5 Å². The van der Waals surface area contributed by atoms with Gasteiger partial charge in [0.15, 0.2) is 23.0 Å². The summed E-state index contributed by atoms with van der Waals surface area (Å²) in [6.07, 6.45) is 0. The summed E-state index contributed by atoms with van der Waals surface area (Å²) in [6, 6.07) is 20.3. The molecule has 1 aromatic heterocycles. The first-order valence-corrected chi connectivity index (χ1v) is 11.2. The van der Waals surface area contributed by atoms with Crippen LogP contribution in [0.1, 0.15) is 34.6 Å². The average Bonchev–Trinajstić information content (AvgIpc) is 3.44. The quantitative estimate of drug-likeness (QED) is 0.364. The van der Waals surface area contributed by atoms with E-state index in [1.807, 2.05) is 12.1 Å². The lowest BCUT2D eigenvalue weighted by atomic mass is 9.94. The van der Waals surface area contributed by atoms with E-state index >= 15 is 0 Å². The Morgan fingerprint density at radius 2 is 1.83 bits per heavy atom. The molecule has 178 valence electrons. The maximum atomic E-state index is 13.7. The SMILES string of the molecule is CCOc1cc(C2C(C(=O)c3cc4ccccc4o3)=C(O)C(=O)N2c2ccc(C#N)cc2)ccc1O. The minimum atomic E-state index is -1.05. The van der Waals surface area contributed by atoms with Gasteiger partial charge in [-0.2, -0.15) is 5.26 Å². The van der Waals surface area contributed by atoms with Crippen molar-refractivity contribution >= 4 is 28.3 Å². The molecule has 1 atom stereocenters. The molecule has 0 aliphatic carbocycles. The van der Waals surface area contributed by atoms with Crippen LogP contribution in [0.5, 0.6) is 11.5 Å². The van der Waals surface area contributed by atoms with Crippen molar-refractivity contribution in [3.8, 4) is 17.6 Å². The highest BCUT2D eigenvalue weighted by molar-refractivity contribution is 6.20. The fourth-order valence-electron chi connectivity index (χ4n) is 4.31. The number of aliphatic hydroxyl groups excluding tert-OH is 1. The third-order valence-corrected chi connectivity index (χ3v) is 5.98. The number of carbonyl (C=O) groups is 2. The minimum absolute atomic E-state index is 0.0268. The topological polar surface area (TPSA) is 124 Å². The molecule has 0 bridgehead atoms. The van der Waals surface area contributed by atoms with Crippen LogP contribution in [0.15, 0.2) is 88.5 Å². The number of para-hydroxylation sites is 1. The molecule has 3 aromatic carbocycles. The smallest absolute Gasteiger partial charge is 0.294 e. The van der Waals surface area contributed by atoms with Gasteiger partial charge in [0.1, 0.15) is 5.58 Å². The summed E-state index contributed by atoms with van der Waals surface area (Å²) >= 11 is 0. The lowest BCUT2D eigenvalue weighted by Gasteiger charge is -2.27. The number of Topliss-reactive ketones (excluding diaryl/α,β-unsaturated/α-hetero) is 1. The number of nitriles is 1. The van der Waals surface area contributed by atoms with Crippen LogP contribution in [0.3, 0.4) is 0 Å². The van der Waals surface area contributed by atoms with Crippen molar-refractivity contribution in [1.82, 2.24) is 0 Å². The fourth-order valence-corrected chi connectivity index (χ4v) is 4.31. The van der Waals surface area contributed by atoms with Crippen LogP contribution in [-0.4, -0.2) is 28.5 Å². The van der Waals surface area contributed by atoms with E-state index in [9.17, 15) is 19.8 Å². The molecule has 1 aliphatic heterocycles. The number of carbonyl (C=O) groups excluding carboxylic acids is 2. The Labute approximate surface area is 205 Å². The average molecular weight is 480 g/mol. The normalized spacial score (nSPS) is 15.4. The third kappa shape index (κ3) is 3.73. The van der Waals surface area contributed by atoms with Crippen molar-refractivity contribution in [2.24, 2.45) is 0 Å². The molecule has 1 unspecified atom stereocenters. The van der Waals surface area contributed by atoms with Crippen molar-refractivity contribution in [1.29, 1.82) is 5.26 Å². The second kappa shape index (κ2) is 8.96. The summed E-state index contributed by atoms with van der Waals surface area (Å²) in [7, 11) is 0. The second-order valence-electron chi connectivity index (χ2n) is 8.14. The summed E-state index contributed by atoms with van der Waals surface area (Å²) in [5, 5.41) is 31.0. The standard InChI is InChI=1S/C28H20N2O6/c1-2-35-22-14-18(9-12-20(22)31)25-24(26(32)23-13-17-5-3-4-6-21(17)36-23)27(33)28(34)30(25)19-10-7-16(15-29)8-11-19/h3-14,25,31,33H,2H2,1H3. The summed E-state index contributed by atoms with van der Waals surface area (Å²) in [4.78, 5) is 28.3. The van der Waals surface area contributed by atoms with Gasteiger partial charge in [0.2, 0.25) is 5.78 Å². The third-order valence-electron chi connectivity index (χ3n) is 5.98. The van der Waals surface area contributed by atoms with E-state index < -0.39 is 23.5 Å². The monoisotopic (exact) mass is 480 g/mol. The number of ether oxygens (including phenoxy) is 1. The van der Waals surface area contributed by atoms with Gasteiger partial charge in [0.25, 0.3) is 5.91 Å². The number of benzene rings is 3. The van der Waals surface area contributed by atoms with Crippen molar-refractivity contribution < 1.29 is 29.0 Å². The van der Waals surface area contributed by atoms with Crippen LogP contribution in [-0.2, 0) is 4.79 Å². The molecule has 1 aliphatic rings. The Kier molecular flexibility index (Phi) is 5.66. The van der Waals surface area contributed by atoms with Crippen LogP contribution in [0.25, 0.3) is 11.0 Å². The van der Waals surface area contributed by atoms with Gasteiger partial charge in [0, 0.05) is 11.1 Å². The molecular formula is C28H20N2O6. The Bertz CT molecular complexity index is 1540. The van der Waals surface area contributed by atoms with Gasteiger partial charge in [-0.25, -0.2) is 0 Å². The van der Waals surface area contributed by atoms with Crippen molar-refractivity contribution in [3.63, 3.8) is 0 Å². The van der Waals surface area contributed by atoms with Gasteiger partial charge in [-0.05, 0) is 61.0 Å². The number of fused-ring (bicyclic) bond motifs is 1. The second-order valence-corrected chi connectivity index (χ2v) is 8.14. The van der Waals surface area contributed by atoms with Crippen molar-refractivity contribution in [3.05, 3.63) is 101 Å². The number of aromatic hydroxyl groups is 1. The van der Waals surface area contributed by atoms with Crippen LogP contribution < -0.4 is 9.64 Å². The van der Waals surface area contributed by atoms with E-state index in [0.717, 1.165) is 0 Å². The van der Waals surface area contributed by atoms with Crippen LogP contribution in [0.4, 0.5) is 5.69 Å². The molecule has 0 saturated heterocycles. The number of phenolic OH excluding ortho intramolecular Hbond substituents is 1. The zero-order valence-electron chi connectivity index (χ0n) is 19.1. The van der Waals surface area contributed by atoms with Gasteiger partial charge in [0.05, 0.1) is 29.9 Å². The highest BCUT2D eigenvalue weighted by Crippen LogP contribution is 2.44. The Hall–Kier alpha value is -5.03. The molecule has 1 amide bonds. The number of amides is 1. The highest BCUT2D eigenvalue weighted by atomic mass is 16.5. The van der Waals surface area contributed by atoms with Crippen LogP contribution in [0.2, 0.25) is 0 Å². The number of ketones is 1. The fraction of sp³-hybridized carbons (Fsp3) is 0.107. The molecule has 5 rings (SSSR count). The molecule has 2 heterocycles. The van der Waals surface area contributed by atoms with E-state index in [0.29, 0.717) is 27.8 Å². The van der Waals surface area contributed by atoms with Gasteiger partial charge < -0.3 is 19.4 Å². The van der Waals surface area contributed by atoms with Crippen molar-refractivity contribution in [2.75, 3.05) is 11.5 Å². The molecule has 8 nitrogen and oxygen atoms in total. The maximum Gasteiger partial charge on any atom is 0.294 e. The van der Waals surface area contributed by atoms with E-state index in [1.54, 1.807) is 49.4 Å². The molecule has 2 N–H and O–H groups in total. The molecule has 36 heavy (non-hydrogen) atoms. The number of rotatable bonds is 6. The summed E-state index contributed by atoms with van der Waals surface area (Å²) < 4.78 is 11.2. The Morgan fingerprint density at radius 1 is 1.08 bits per heavy atom. The lowest BCUT2D eigenvalue weighted by Crippen LogP contribution is -2.31. The van der Waals surface area contributed by atoms with Crippen LogP contribution in [0, 0.1) is 11.3 Å². The summed E-state index contributed by atoms with van der Waals surface area (Å²) in [6.45, 7) is 2.04. The molecular weight excluding hydrogens is 460 g/mol. The zero-order valence-corrected chi connectivity index (χ0v) is 19.1. The molecule has 0 fully saturated rings. The Morgan fingerprint density at radius 3 is 2.53 bits per heavy atom. The highest BCUT2D eigenvalue weighted by Gasteiger charge is 2.45. The molecule has 4 aromatic rings. The van der Waals surface area contributed by atoms with Gasteiger partial charge in [-0.1, -0.05) is 24.3 Å². The van der Waals surface area contributed by atoms with E-state index in [-0.39, 0.29) is 29.4 Å². The first-order valence-electron chi connectivity index (χ1n) is 11.2. The minimum Gasteiger partial charge on any atom is -0.504 e. The zero-order chi connectivity index (χ0) is 25.4. The van der Waals surface area contributed by atoms with Gasteiger partial charge >= 0.3 is 0 Å². The predicted octanol–water partition coefficient (Wildman–Crippen LogP) is 5.19. The molecule has 0 radical (unpaired) electrons. The molecule has 8 heteroatoms. The summed E-state index contributed by atoms with van der Waals surface area (Å²) in [5.41, 5.74) is 1.51. The number of hydrogen-bond acceptors (Lipinski definition) is 7. The Balaban J connectivity index is 1.67. The number of nitrogens with zero attached hydrogens (tertiary/aromatic N) is 2. The molecule has 0 spiro atoms. The number of furan rings is 1. The number of anilines is 1. The maximum absolute atomic E-state index is 13.7. The van der Waals surface area contributed by atoms with Gasteiger partial charge in [-0.15, -0.1) is 0 Å². The first-order chi connectivity index (χ1) is 17.4. The van der Waals surface area contributed by atoms with E-state index in [2.05, 4.69) is 0 Å². The van der Waals surface area contributed by atoms with Crippen LogP contribution >= 0.6 is 0 Å². The number of aliphatic hydroxyl groups is 1.